The predicted molar refractivity (Wildman–Crippen MR) is 236 cm³/mol. The van der Waals surface area contributed by atoms with Crippen LogP contribution in [0.3, 0.4) is 0 Å². The van der Waals surface area contributed by atoms with Crippen molar-refractivity contribution in [2.75, 3.05) is 24.5 Å². The number of aryl methyl sites for hydroxylation is 3. The van der Waals surface area contributed by atoms with Crippen LogP contribution < -0.4 is 22.5 Å². The first-order valence-corrected chi connectivity index (χ1v) is 26.5. The lowest BCUT2D eigenvalue weighted by atomic mass is 10.2. The first-order chi connectivity index (χ1) is 26.4. The summed E-state index contributed by atoms with van der Waals surface area (Å²) in [6.45, 7) is 1.62. The molecule has 3 aromatic heterocycles. The lowest BCUT2D eigenvalue weighted by molar-refractivity contribution is 0.433. The van der Waals surface area contributed by atoms with Crippen molar-refractivity contribution in [3.8, 4) is 5.75 Å². The molecule has 0 spiro atoms. The second-order valence-electron chi connectivity index (χ2n) is 12.0. The number of sulfone groups is 3. The third-order valence-electron chi connectivity index (χ3n) is 7.64. The Hall–Kier alpha value is -3.94. The number of aromatic hydroxyl groups is 1. The van der Waals surface area contributed by atoms with Gasteiger partial charge in [0.2, 0.25) is 0 Å². The van der Waals surface area contributed by atoms with E-state index in [0.29, 0.717) is 32.7 Å². The average Bonchev–Trinajstić information content (AvgIpc) is 3.11. The van der Waals surface area contributed by atoms with Crippen LogP contribution in [-0.2, 0) is 55.2 Å². The van der Waals surface area contributed by atoms with E-state index >= 15 is 0 Å². The van der Waals surface area contributed by atoms with Crippen LogP contribution >= 0.6 is 50.5 Å². The summed E-state index contributed by atoms with van der Waals surface area (Å²) >= 11 is 19.9. The van der Waals surface area contributed by atoms with Gasteiger partial charge in [0, 0.05) is 56.4 Å². The molecule has 0 aliphatic heterocycles. The van der Waals surface area contributed by atoms with E-state index in [0.717, 1.165) is 12.5 Å². The molecule has 3 aromatic carbocycles. The molecule has 6 aromatic rings. The van der Waals surface area contributed by atoms with Crippen molar-refractivity contribution in [2.24, 2.45) is 21.1 Å². The second-order valence-corrected chi connectivity index (χ2v) is 25.3. The molecule has 0 aliphatic carbocycles. The number of nitrogens with zero attached hydrogens (tertiary/aromatic N) is 3. The maximum absolute atomic E-state index is 11.9. The predicted octanol–water partition coefficient (Wildman–Crippen LogP) is 6.23. The van der Waals surface area contributed by atoms with E-state index in [1.165, 1.54) is 34.1 Å². The second kappa shape index (κ2) is 21.0. The van der Waals surface area contributed by atoms with Crippen molar-refractivity contribution < 1.29 is 39.3 Å². The molecule has 16 nitrogen and oxygen atoms in total. The molecule has 0 atom stereocenters. The van der Waals surface area contributed by atoms with Crippen LogP contribution in [0.5, 0.6) is 5.75 Å². The molecule has 24 heteroatoms. The molecule has 0 radical (unpaired) electrons. The summed E-state index contributed by atoms with van der Waals surface area (Å²) < 4.78 is 83.9. The number of halogens is 4. The number of hydrogen-bond acceptors (Lipinski definition) is 13. The van der Waals surface area contributed by atoms with Gasteiger partial charge in [0.15, 0.2) is 29.5 Å². The molecule has 0 fully saturated rings. The molecule has 0 bridgehead atoms. The third kappa shape index (κ3) is 14.6. The Kier molecular flexibility index (Phi) is 18.9. The van der Waals surface area contributed by atoms with Gasteiger partial charge in [0.05, 0.1) is 27.0 Å². The van der Waals surface area contributed by atoms with Crippen LogP contribution in [0.4, 0.5) is 0 Å². The van der Waals surface area contributed by atoms with Gasteiger partial charge in [-0.3, -0.25) is 18.7 Å². The fourth-order valence-corrected chi connectivity index (χ4v) is 7.24. The number of para-hydroxylation sites is 3. The summed E-state index contributed by atoms with van der Waals surface area (Å²) in [7, 11) is -5.51. The van der Waals surface area contributed by atoms with Crippen molar-refractivity contribution in [1.29, 1.82) is 0 Å². The number of aromatic nitrogens is 3. The summed E-state index contributed by atoms with van der Waals surface area (Å²) in [6, 6.07) is 20.3. The maximum atomic E-state index is 11.9. The highest BCUT2D eigenvalue weighted by atomic mass is 36.0. The molecule has 0 aliphatic rings. The third-order valence-corrected chi connectivity index (χ3v) is 11.4. The van der Waals surface area contributed by atoms with Gasteiger partial charge in [0.25, 0.3) is 11.1 Å². The highest BCUT2D eigenvalue weighted by molar-refractivity contribution is 8.24. The van der Waals surface area contributed by atoms with Crippen molar-refractivity contribution in [3.05, 3.63) is 119 Å². The Morgan fingerprint density at radius 2 is 0.949 bits per heavy atom. The monoisotopic (exact) mass is 977 g/mol. The molecule has 0 amide bonds. The highest BCUT2D eigenvalue weighted by Crippen LogP contribution is 2.61. The number of rotatable bonds is 3. The van der Waals surface area contributed by atoms with E-state index in [2.05, 4.69) is 38.1 Å². The van der Waals surface area contributed by atoms with Crippen molar-refractivity contribution in [1.82, 2.24) is 13.7 Å². The van der Waals surface area contributed by atoms with Gasteiger partial charge >= 0.3 is 16.6 Å². The van der Waals surface area contributed by atoms with Crippen LogP contribution in [0.25, 0.3) is 32.7 Å². The topological polar surface area (TPSA) is 236 Å². The summed E-state index contributed by atoms with van der Waals surface area (Å²) in [5.74, 6) is -0.873. The molecule has 59 heavy (non-hydrogen) atoms. The Morgan fingerprint density at radius 3 is 1.34 bits per heavy atom. The molecular formula is C35H40Cl4N3O13PS3. The summed E-state index contributed by atoms with van der Waals surface area (Å²) in [6.07, 6.45) is 3.09. The van der Waals surface area contributed by atoms with E-state index in [1.807, 2.05) is 0 Å². The van der Waals surface area contributed by atoms with Gasteiger partial charge < -0.3 is 18.7 Å². The van der Waals surface area contributed by atoms with Crippen molar-refractivity contribution >= 4 is 113 Å². The fraction of sp³-hybridized carbons (Fsp3) is 0.257. The van der Waals surface area contributed by atoms with E-state index in [-0.39, 0.29) is 23.1 Å². The number of pyridine rings is 2. The van der Waals surface area contributed by atoms with Gasteiger partial charge in [-0.25, -0.2) is 34.8 Å². The number of fused-ring (bicyclic) bond motifs is 3. The number of benzene rings is 3. The molecule has 0 saturated carbocycles. The lowest BCUT2D eigenvalue weighted by Gasteiger charge is -2.10. The zero-order valence-corrected chi connectivity index (χ0v) is 37.9. The number of hydrogen-bond donors (Lipinski definition) is 1. The quantitative estimate of drug-likeness (QED) is 0.194. The zero-order chi connectivity index (χ0) is 44.7. The largest absolute Gasteiger partial charge is 0.506 e. The summed E-state index contributed by atoms with van der Waals surface area (Å²) in [5, 5.41) is 7.98. The highest BCUT2D eigenvalue weighted by Gasteiger charge is 2.23. The van der Waals surface area contributed by atoms with Gasteiger partial charge in [-0.05, 0) is 64.1 Å². The Morgan fingerprint density at radius 1 is 0.627 bits per heavy atom. The van der Waals surface area contributed by atoms with Crippen LogP contribution in [0, 0.1) is 0 Å². The minimum Gasteiger partial charge on any atom is -0.506 e. The standard InChI is InChI=1S/C11H10ClNO3S.C11H11NO4S.C9H7NO3.C3H8O2S.CH4.Cl3OP/c1-13-8-6-4-3-5-7(8)9(12)10(11(13)14)17(2,15)16;1-12-8-6-4-3-5-7(8)9(13)10(11(12)14)17(2,15)16;1-10-7-5-3-2-4-6(7)8(11)13-9(10)12;1-3-6(2,4)5;;1-5(2,3)4/h3-6H,1-2H3;3-6,13H,1-2H3;2-5H,1H3;3H2,1-2H3;1H4;. The van der Waals surface area contributed by atoms with Gasteiger partial charge in [0.1, 0.15) is 15.6 Å². The molecule has 0 saturated heterocycles. The Balaban J connectivity index is 0.000000392. The Labute approximate surface area is 358 Å². The minimum absolute atomic E-state index is 0. The normalized spacial score (nSPS) is 11.4. The van der Waals surface area contributed by atoms with Gasteiger partial charge in [-0.15, -0.1) is 0 Å². The molecule has 3 heterocycles. The first kappa shape index (κ1) is 53.1. The maximum Gasteiger partial charge on any atom is 0.422 e. The molecule has 6 rings (SSSR count). The smallest absolute Gasteiger partial charge is 0.422 e. The first-order valence-electron chi connectivity index (χ1n) is 15.9. The lowest BCUT2D eigenvalue weighted by Crippen LogP contribution is -2.24. The average molecular weight is 980 g/mol. The van der Waals surface area contributed by atoms with Crippen molar-refractivity contribution in [3.63, 3.8) is 0 Å². The Bertz CT molecular complexity index is 3000. The fourth-order valence-electron chi connectivity index (χ4n) is 4.78. The molecule has 0 unspecified atom stereocenters. The molecule has 324 valence electrons. The van der Waals surface area contributed by atoms with Gasteiger partial charge in [-0.2, -0.15) is 0 Å². The van der Waals surface area contributed by atoms with Crippen molar-refractivity contribution in [2.45, 2.75) is 24.1 Å². The summed E-state index contributed by atoms with van der Waals surface area (Å²) in [4.78, 5) is 45.1. The van der Waals surface area contributed by atoms with E-state index in [9.17, 15) is 54.1 Å². The van der Waals surface area contributed by atoms with E-state index in [4.69, 9.17) is 11.6 Å². The van der Waals surface area contributed by atoms with Crippen LogP contribution in [0.1, 0.15) is 14.4 Å². The minimum atomic E-state index is -3.76. The van der Waals surface area contributed by atoms with Crippen LogP contribution in [0.15, 0.2) is 106 Å². The van der Waals surface area contributed by atoms with Crippen LogP contribution in [0.2, 0.25) is 5.02 Å². The SMILES string of the molecule is C.CCS(C)(=O)=O.Cn1c(=O)c(S(C)(=O)=O)c(Cl)c2ccccc21.Cn1c(=O)c(S(C)(=O)=O)c(O)c2ccccc21.Cn1c(=O)oc(=O)c2ccccc21.O=P(Cl)(Cl)Cl. The molecule has 1 N–H and O–H groups in total. The molecular weight excluding hydrogens is 939 g/mol. The van der Waals surface area contributed by atoms with E-state index < -0.39 is 67.9 Å². The zero-order valence-electron chi connectivity index (χ0n) is 31.5. The van der Waals surface area contributed by atoms with E-state index in [1.54, 1.807) is 86.8 Å². The summed E-state index contributed by atoms with van der Waals surface area (Å²) in [5.41, 5.74) is -0.223. The van der Waals surface area contributed by atoms with Gasteiger partial charge in [-0.1, -0.05) is 68.4 Å². The van der Waals surface area contributed by atoms with Crippen LogP contribution in [-0.4, -0.2) is 68.6 Å².